The Morgan fingerprint density at radius 1 is 0.696 bits per heavy atom. The second-order valence-electron chi connectivity index (χ2n) is 8.39. The number of fused-ring (bicyclic) bond motifs is 1. The van der Waals surface area contributed by atoms with Crippen LogP contribution in [0.25, 0.3) is 0 Å². The minimum absolute atomic E-state index is 0.430. The summed E-state index contributed by atoms with van der Waals surface area (Å²) in [7, 11) is 0. The van der Waals surface area contributed by atoms with Gasteiger partial charge in [0.1, 0.15) is 0 Å². The van der Waals surface area contributed by atoms with Crippen molar-refractivity contribution in [2.24, 2.45) is 23.7 Å². The molecule has 122 valence electrons. The molecule has 0 N–H and O–H groups in total. The molecule has 23 heavy (non-hydrogen) atoms. The van der Waals surface area contributed by atoms with Crippen molar-refractivity contribution >= 4 is 0 Å². The fraction of sp³-hybridized carbons (Fsp3) is 0.684. The molecule has 4 nitrogen and oxygen atoms in total. The molecule has 0 atom stereocenters. The first-order valence-corrected chi connectivity index (χ1v) is 9.05. The summed E-state index contributed by atoms with van der Waals surface area (Å²) >= 11 is 0. The van der Waals surface area contributed by atoms with Gasteiger partial charge in [-0.3, -0.25) is 0 Å². The summed E-state index contributed by atoms with van der Waals surface area (Å²) in [6, 6.07) is 8.37. The predicted molar refractivity (Wildman–Crippen MR) is 80.7 cm³/mol. The lowest BCUT2D eigenvalue weighted by atomic mass is 9.53. The zero-order valence-corrected chi connectivity index (χ0v) is 13.2. The molecule has 1 aromatic carbocycles. The van der Waals surface area contributed by atoms with Gasteiger partial charge in [-0.25, -0.2) is 0 Å². The quantitative estimate of drug-likeness (QED) is 0.686. The van der Waals surface area contributed by atoms with Crippen LogP contribution in [0.1, 0.15) is 43.2 Å². The fourth-order valence-corrected chi connectivity index (χ4v) is 6.09. The molecule has 0 aromatic heterocycles. The lowest BCUT2D eigenvalue weighted by Gasteiger charge is -2.60. The minimum Gasteiger partial charge on any atom is -0.194 e. The summed E-state index contributed by atoms with van der Waals surface area (Å²) in [5.74, 6) is 1.15. The van der Waals surface area contributed by atoms with E-state index < -0.39 is 11.6 Å². The van der Waals surface area contributed by atoms with Gasteiger partial charge in [-0.15, -0.1) is 0 Å². The van der Waals surface area contributed by atoms with Gasteiger partial charge in [-0.2, -0.15) is 19.6 Å². The van der Waals surface area contributed by atoms with Crippen LogP contribution >= 0.6 is 0 Å². The van der Waals surface area contributed by atoms with Crippen molar-refractivity contribution < 1.29 is 19.6 Å². The molecule has 6 aliphatic rings. The Bertz CT molecular complexity index is 590. The largest absolute Gasteiger partial charge is 0.242 e. The Labute approximate surface area is 135 Å². The van der Waals surface area contributed by atoms with Crippen molar-refractivity contribution in [3.63, 3.8) is 0 Å². The van der Waals surface area contributed by atoms with Crippen LogP contribution in [0.15, 0.2) is 24.3 Å². The highest BCUT2D eigenvalue weighted by atomic mass is 17.4. The van der Waals surface area contributed by atoms with Crippen molar-refractivity contribution in [3.05, 3.63) is 35.4 Å². The molecule has 4 heteroatoms. The Kier molecular flexibility index (Phi) is 2.54. The molecule has 5 aliphatic carbocycles. The first-order valence-electron chi connectivity index (χ1n) is 9.05. The molecule has 2 spiro atoms. The summed E-state index contributed by atoms with van der Waals surface area (Å²) in [6.07, 6.45) is 7.60. The molecule has 0 radical (unpaired) electrons. The zero-order valence-electron chi connectivity index (χ0n) is 13.2. The van der Waals surface area contributed by atoms with Crippen LogP contribution in [-0.2, 0) is 32.4 Å². The zero-order chi connectivity index (χ0) is 15.1. The van der Waals surface area contributed by atoms with E-state index >= 15 is 0 Å². The average Bonchev–Trinajstić information content (AvgIpc) is 2.92. The smallest absolute Gasteiger partial charge is 0.194 e. The van der Waals surface area contributed by atoms with Crippen LogP contribution in [0.2, 0.25) is 0 Å². The molecule has 1 heterocycles. The highest BCUT2D eigenvalue weighted by molar-refractivity contribution is 5.34. The van der Waals surface area contributed by atoms with E-state index in [2.05, 4.69) is 24.3 Å². The molecule has 4 bridgehead atoms. The van der Waals surface area contributed by atoms with Gasteiger partial charge in [0.2, 0.25) is 11.6 Å². The summed E-state index contributed by atoms with van der Waals surface area (Å²) in [5.41, 5.74) is 2.53. The highest BCUT2D eigenvalue weighted by Crippen LogP contribution is 2.61. The average molecular weight is 314 g/mol. The molecule has 7 rings (SSSR count). The van der Waals surface area contributed by atoms with E-state index in [1.54, 1.807) is 0 Å². The first-order chi connectivity index (χ1) is 11.2. The van der Waals surface area contributed by atoms with Crippen LogP contribution in [0, 0.1) is 23.7 Å². The van der Waals surface area contributed by atoms with Crippen molar-refractivity contribution in [2.45, 2.75) is 56.5 Å². The van der Waals surface area contributed by atoms with E-state index in [0.717, 1.165) is 11.8 Å². The van der Waals surface area contributed by atoms with Crippen LogP contribution in [0.5, 0.6) is 0 Å². The van der Waals surface area contributed by atoms with Gasteiger partial charge in [0.05, 0.1) is 0 Å². The Balaban J connectivity index is 1.26. The summed E-state index contributed by atoms with van der Waals surface area (Å²) in [4.78, 5) is 24.0. The maximum absolute atomic E-state index is 6.06. The van der Waals surface area contributed by atoms with Crippen molar-refractivity contribution in [3.8, 4) is 0 Å². The second kappa shape index (κ2) is 4.37. The number of rotatable bonds is 0. The van der Waals surface area contributed by atoms with E-state index in [0.29, 0.717) is 24.7 Å². The number of benzene rings is 1. The van der Waals surface area contributed by atoms with Gasteiger partial charge in [0.25, 0.3) is 0 Å². The maximum atomic E-state index is 6.06. The van der Waals surface area contributed by atoms with Gasteiger partial charge in [-0.05, 0) is 55.1 Å². The van der Waals surface area contributed by atoms with Gasteiger partial charge >= 0.3 is 0 Å². The van der Waals surface area contributed by atoms with Crippen LogP contribution in [-0.4, -0.2) is 11.6 Å². The number of hydrogen-bond acceptors (Lipinski definition) is 4. The van der Waals surface area contributed by atoms with Crippen LogP contribution in [0.3, 0.4) is 0 Å². The fourth-order valence-electron chi connectivity index (χ4n) is 6.09. The Morgan fingerprint density at radius 3 is 1.74 bits per heavy atom. The van der Waals surface area contributed by atoms with Gasteiger partial charge in [-0.1, -0.05) is 24.3 Å². The standard InChI is InChI=1S/C19H22O4/c1-2-4-15-11-18(10-14(15)3-1)20-22-19(23-21-18)16-6-12-5-13(8-16)9-17(19)7-12/h1-4,12-13,16-17H,5-11H2. The SMILES string of the molecule is c1ccc2c(c1)CC1(C2)OOC2(OO1)C1CC3CC(C1)CC2C3. The molecule has 0 unspecified atom stereocenters. The van der Waals surface area contributed by atoms with Crippen LogP contribution < -0.4 is 0 Å². The van der Waals surface area contributed by atoms with Gasteiger partial charge < -0.3 is 0 Å². The van der Waals surface area contributed by atoms with E-state index in [1.807, 2.05) is 0 Å². The lowest BCUT2D eigenvalue weighted by molar-refractivity contribution is -0.676. The van der Waals surface area contributed by atoms with E-state index in [-0.39, 0.29) is 0 Å². The maximum Gasteiger partial charge on any atom is 0.242 e. The molecule has 1 saturated heterocycles. The molecule has 4 saturated carbocycles. The summed E-state index contributed by atoms with van der Waals surface area (Å²) < 4.78 is 0. The normalized spacial score (nSPS) is 41.6. The van der Waals surface area contributed by atoms with Crippen molar-refractivity contribution in [1.82, 2.24) is 0 Å². The minimum atomic E-state index is -0.788. The van der Waals surface area contributed by atoms with Crippen LogP contribution in [0.4, 0.5) is 0 Å². The highest BCUT2D eigenvalue weighted by Gasteiger charge is 2.65. The third-order valence-corrected chi connectivity index (χ3v) is 6.96. The Hall–Kier alpha value is -0.940. The second-order valence-corrected chi connectivity index (χ2v) is 8.39. The lowest BCUT2D eigenvalue weighted by Crippen LogP contribution is -2.64. The third-order valence-electron chi connectivity index (χ3n) is 6.96. The third kappa shape index (κ3) is 1.75. The molecule has 1 aromatic rings. The number of hydrogen-bond donors (Lipinski definition) is 0. The Morgan fingerprint density at radius 2 is 1.22 bits per heavy atom. The summed E-state index contributed by atoms with van der Waals surface area (Å²) in [5, 5.41) is 0. The molecule has 0 amide bonds. The molecular weight excluding hydrogens is 292 g/mol. The molecule has 5 fully saturated rings. The van der Waals surface area contributed by atoms with Crippen molar-refractivity contribution in [2.75, 3.05) is 0 Å². The van der Waals surface area contributed by atoms with E-state index in [1.165, 1.54) is 43.2 Å². The topological polar surface area (TPSA) is 36.9 Å². The molecule has 1 aliphatic heterocycles. The van der Waals surface area contributed by atoms with Gasteiger partial charge in [0.15, 0.2) is 0 Å². The summed E-state index contributed by atoms with van der Waals surface area (Å²) in [6.45, 7) is 0. The first kappa shape index (κ1) is 13.4. The van der Waals surface area contributed by atoms with Crippen molar-refractivity contribution in [1.29, 1.82) is 0 Å². The van der Waals surface area contributed by atoms with E-state index in [9.17, 15) is 0 Å². The predicted octanol–water partition coefficient (Wildman–Crippen LogP) is 3.54. The monoisotopic (exact) mass is 314 g/mol. The molecular formula is C19H22O4. The van der Waals surface area contributed by atoms with E-state index in [4.69, 9.17) is 19.6 Å². The van der Waals surface area contributed by atoms with Gasteiger partial charge in [0, 0.05) is 24.7 Å².